The summed E-state index contributed by atoms with van der Waals surface area (Å²) in [6.07, 6.45) is 0.776. The normalized spacial score (nSPS) is 11.6. The van der Waals surface area contributed by atoms with Gasteiger partial charge in [0.2, 0.25) is 0 Å². The van der Waals surface area contributed by atoms with E-state index in [1.807, 2.05) is 28.8 Å². The van der Waals surface area contributed by atoms with Crippen LogP contribution in [-0.4, -0.2) is 31.0 Å². The van der Waals surface area contributed by atoms with E-state index in [9.17, 15) is 18.4 Å². The van der Waals surface area contributed by atoms with E-state index in [0.717, 1.165) is 24.2 Å². The highest BCUT2D eigenvalue weighted by atomic mass is 19.4. The maximum absolute atomic E-state index is 13.0. The van der Waals surface area contributed by atoms with Crippen LogP contribution in [0.3, 0.4) is 0 Å². The van der Waals surface area contributed by atoms with Crippen LogP contribution in [0.2, 0.25) is 0 Å². The zero-order valence-electron chi connectivity index (χ0n) is 19.8. The third-order valence-corrected chi connectivity index (χ3v) is 5.93. The zero-order chi connectivity index (χ0) is 24.6. The zero-order valence-corrected chi connectivity index (χ0v) is 19.8. The van der Waals surface area contributed by atoms with Crippen molar-refractivity contribution < 1.29 is 17.9 Å². The van der Waals surface area contributed by atoms with Gasteiger partial charge in [-0.25, -0.2) is 0 Å². The van der Waals surface area contributed by atoms with Crippen LogP contribution < -0.4 is 5.32 Å². The summed E-state index contributed by atoms with van der Waals surface area (Å²) >= 11 is 0. The Kier molecular flexibility index (Phi) is 9.00. The lowest BCUT2D eigenvalue weighted by Crippen LogP contribution is -2.11. The first-order chi connectivity index (χ1) is 16.4. The molecule has 0 aliphatic carbocycles. The quantitative estimate of drug-likeness (QED) is 0.282. The molecule has 0 saturated carbocycles. The summed E-state index contributed by atoms with van der Waals surface area (Å²) in [7, 11) is 1.58. The second-order valence-electron chi connectivity index (χ2n) is 8.54. The lowest BCUT2D eigenvalue weighted by Gasteiger charge is -2.13. The highest BCUT2D eigenvalue weighted by molar-refractivity contribution is 5.95. The van der Waals surface area contributed by atoms with Gasteiger partial charge in [0.1, 0.15) is 6.07 Å². The number of nitrogens with one attached hydrogen (secondary N) is 1. The highest BCUT2D eigenvalue weighted by Gasteiger charge is 2.28. The monoisotopic (exact) mass is 471 g/mol. The van der Waals surface area contributed by atoms with Gasteiger partial charge in [-0.05, 0) is 35.7 Å². The fraction of sp³-hybridized carbons (Fsp3) is 0.444. The summed E-state index contributed by atoms with van der Waals surface area (Å²) in [6.45, 7) is 3.91. The molecule has 0 aliphatic heterocycles. The maximum Gasteiger partial charge on any atom is 0.393 e. The van der Waals surface area contributed by atoms with E-state index in [2.05, 4.69) is 18.3 Å². The Labute approximate surface area is 199 Å². The van der Waals surface area contributed by atoms with Crippen molar-refractivity contribution in [2.24, 2.45) is 0 Å². The molecule has 0 bridgehead atoms. The number of anilines is 1. The predicted octanol–water partition coefficient (Wildman–Crippen LogP) is 7.31. The number of unbranched alkanes of at least 4 members (excludes halogenated alkanes) is 4. The molecule has 7 heteroatoms. The first kappa shape index (κ1) is 25.6. The molecule has 0 fully saturated rings. The van der Waals surface area contributed by atoms with Crippen molar-refractivity contribution >= 4 is 16.6 Å². The second kappa shape index (κ2) is 11.9. The van der Waals surface area contributed by atoms with Gasteiger partial charge in [-0.3, -0.25) is 0 Å². The van der Waals surface area contributed by atoms with Crippen molar-refractivity contribution in [2.75, 3.05) is 25.6 Å². The Balaban J connectivity index is 1.91. The number of hydrogen-bond donors (Lipinski definition) is 1. The number of fused-ring (bicyclic) bond motifs is 1. The summed E-state index contributed by atoms with van der Waals surface area (Å²) in [4.78, 5) is 0. The first-order valence-electron chi connectivity index (χ1n) is 11.8. The minimum Gasteiger partial charge on any atom is -0.385 e. The van der Waals surface area contributed by atoms with E-state index in [-0.39, 0.29) is 5.56 Å². The highest BCUT2D eigenvalue weighted by Crippen LogP contribution is 2.35. The summed E-state index contributed by atoms with van der Waals surface area (Å²) < 4.78 is 46.1. The summed E-state index contributed by atoms with van der Waals surface area (Å²) in [5.41, 5.74) is 3.79. The molecular weight excluding hydrogens is 439 g/mol. The van der Waals surface area contributed by atoms with Crippen LogP contribution in [0.1, 0.15) is 50.2 Å². The van der Waals surface area contributed by atoms with Crippen molar-refractivity contribution in [1.29, 1.82) is 5.26 Å². The van der Waals surface area contributed by atoms with Crippen LogP contribution in [0.5, 0.6) is 0 Å². The molecule has 3 aromatic rings. The van der Waals surface area contributed by atoms with Gasteiger partial charge >= 0.3 is 6.18 Å². The molecule has 182 valence electrons. The Hall–Kier alpha value is -2.98. The molecule has 1 heterocycles. The van der Waals surface area contributed by atoms with E-state index < -0.39 is 12.6 Å². The fourth-order valence-corrected chi connectivity index (χ4v) is 4.27. The van der Waals surface area contributed by atoms with Gasteiger partial charge in [0.25, 0.3) is 0 Å². The summed E-state index contributed by atoms with van der Waals surface area (Å²) in [5, 5.41) is 14.0. The first-order valence-corrected chi connectivity index (χ1v) is 11.8. The number of ether oxygens (including phenoxy) is 1. The Morgan fingerprint density at radius 1 is 1.03 bits per heavy atom. The van der Waals surface area contributed by atoms with Gasteiger partial charge in [-0.15, -0.1) is 0 Å². The van der Waals surface area contributed by atoms with Crippen molar-refractivity contribution in [1.82, 2.24) is 4.57 Å². The molecule has 0 radical (unpaired) electrons. The standard InChI is InChI=1S/C27H32F3N3O/c1-3-4-5-6-7-14-32-22-11-9-21(10-12-22)26-24(19-31)23-13-8-20(18-27(28,29)30)17-25(23)33(26)15-16-34-2/h8-13,17,32H,3-7,14-16,18H2,1-2H3. The molecule has 0 spiro atoms. The van der Waals surface area contributed by atoms with E-state index in [0.29, 0.717) is 35.3 Å². The minimum absolute atomic E-state index is 0.172. The van der Waals surface area contributed by atoms with Gasteiger partial charge in [0.05, 0.1) is 29.8 Å². The van der Waals surface area contributed by atoms with Crippen LogP contribution in [0, 0.1) is 11.3 Å². The van der Waals surface area contributed by atoms with Crippen LogP contribution in [0.15, 0.2) is 42.5 Å². The number of methoxy groups -OCH3 is 1. The summed E-state index contributed by atoms with van der Waals surface area (Å²) in [5.74, 6) is 0. The van der Waals surface area contributed by atoms with Crippen LogP contribution in [0.25, 0.3) is 22.2 Å². The van der Waals surface area contributed by atoms with Gasteiger partial charge in [-0.1, -0.05) is 56.9 Å². The largest absolute Gasteiger partial charge is 0.393 e. The molecule has 1 aromatic heterocycles. The number of rotatable bonds is 12. The number of nitrogens with zero attached hydrogens (tertiary/aromatic N) is 2. The Morgan fingerprint density at radius 3 is 2.41 bits per heavy atom. The third-order valence-electron chi connectivity index (χ3n) is 5.93. The van der Waals surface area contributed by atoms with E-state index in [1.165, 1.54) is 37.8 Å². The number of aromatic nitrogens is 1. The number of halogens is 3. The second-order valence-corrected chi connectivity index (χ2v) is 8.54. The van der Waals surface area contributed by atoms with Crippen LogP contribution >= 0.6 is 0 Å². The SMILES string of the molecule is CCCCCCCNc1ccc(-c2c(C#N)c3ccc(CC(F)(F)F)cc3n2CCOC)cc1. The number of hydrogen-bond acceptors (Lipinski definition) is 3. The maximum atomic E-state index is 13.0. The number of alkyl halides is 3. The number of nitriles is 1. The molecule has 0 amide bonds. The fourth-order valence-electron chi connectivity index (χ4n) is 4.27. The Morgan fingerprint density at radius 2 is 1.76 bits per heavy atom. The van der Waals surface area contributed by atoms with Gasteiger partial charge in [0.15, 0.2) is 0 Å². The van der Waals surface area contributed by atoms with Crippen LogP contribution in [-0.2, 0) is 17.7 Å². The van der Waals surface area contributed by atoms with Crippen molar-refractivity contribution in [3.05, 3.63) is 53.6 Å². The molecule has 0 unspecified atom stereocenters. The van der Waals surface area contributed by atoms with Crippen molar-refractivity contribution in [3.63, 3.8) is 0 Å². The molecule has 3 rings (SSSR count). The topological polar surface area (TPSA) is 50.0 Å². The van der Waals surface area contributed by atoms with Gasteiger partial charge in [0, 0.05) is 31.3 Å². The average Bonchev–Trinajstić information content (AvgIpc) is 3.11. The molecule has 0 aliphatic rings. The van der Waals surface area contributed by atoms with E-state index in [4.69, 9.17) is 4.74 Å². The Bertz CT molecular complexity index is 1110. The predicted molar refractivity (Wildman–Crippen MR) is 131 cm³/mol. The number of benzene rings is 2. The lowest BCUT2D eigenvalue weighted by molar-refractivity contribution is -0.127. The molecule has 0 atom stereocenters. The average molecular weight is 472 g/mol. The van der Waals surface area contributed by atoms with Gasteiger partial charge < -0.3 is 14.6 Å². The molecule has 0 saturated heterocycles. The molecule has 2 aromatic carbocycles. The smallest absolute Gasteiger partial charge is 0.385 e. The van der Waals surface area contributed by atoms with Crippen molar-refractivity contribution in [3.8, 4) is 17.3 Å². The van der Waals surface area contributed by atoms with Crippen molar-refractivity contribution in [2.45, 2.75) is 58.2 Å². The van der Waals surface area contributed by atoms with E-state index >= 15 is 0 Å². The molecular formula is C27H32F3N3O. The molecule has 1 N–H and O–H groups in total. The molecule has 34 heavy (non-hydrogen) atoms. The summed E-state index contributed by atoms with van der Waals surface area (Å²) in [6, 6.07) is 14.8. The van der Waals surface area contributed by atoms with Crippen LogP contribution in [0.4, 0.5) is 18.9 Å². The molecule has 4 nitrogen and oxygen atoms in total. The van der Waals surface area contributed by atoms with E-state index in [1.54, 1.807) is 13.2 Å². The lowest BCUT2D eigenvalue weighted by atomic mass is 10.0. The van der Waals surface area contributed by atoms with Gasteiger partial charge in [-0.2, -0.15) is 18.4 Å². The third kappa shape index (κ3) is 6.54. The minimum atomic E-state index is -4.29.